The molecule has 0 spiro atoms. The van der Waals surface area contributed by atoms with E-state index in [9.17, 15) is 0 Å². The highest BCUT2D eigenvalue weighted by Crippen LogP contribution is 2.38. The monoisotopic (exact) mass is 292 g/mol. The fourth-order valence-corrected chi connectivity index (χ4v) is 3.39. The lowest BCUT2D eigenvalue weighted by atomic mass is 9.93. The first kappa shape index (κ1) is 14.8. The van der Waals surface area contributed by atoms with E-state index in [2.05, 4.69) is 49.2 Å². The number of hydrogen-bond donors (Lipinski definition) is 1. The van der Waals surface area contributed by atoms with Gasteiger partial charge in [-0.05, 0) is 66.5 Å². The first-order valence-corrected chi connectivity index (χ1v) is 8.15. The molecule has 0 atom stereocenters. The normalized spacial score (nSPS) is 14.0. The number of nitrogen functional groups attached to an aromatic ring is 1. The Kier molecular flexibility index (Phi) is 4.02. The molecule has 0 radical (unpaired) electrons. The van der Waals surface area contributed by atoms with Crippen LogP contribution in [0.1, 0.15) is 49.8 Å². The molecule has 1 aliphatic carbocycles. The van der Waals surface area contributed by atoms with Gasteiger partial charge in [-0.2, -0.15) is 0 Å². The Balaban J connectivity index is 2.11. The Bertz CT molecular complexity index is 727. The highest BCUT2D eigenvalue weighted by molar-refractivity contribution is 5.81. The molecule has 22 heavy (non-hydrogen) atoms. The van der Waals surface area contributed by atoms with Crippen LogP contribution in [0.25, 0.3) is 11.1 Å². The van der Waals surface area contributed by atoms with Crippen LogP contribution in [0.5, 0.6) is 0 Å². The third kappa shape index (κ3) is 2.54. The number of aliphatic imine (C=N–C) groups is 1. The second kappa shape index (κ2) is 5.96. The molecule has 2 aromatic rings. The average Bonchev–Trinajstić information content (AvgIpc) is 2.98. The fraction of sp³-hybridized carbons (Fsp3) is 0.350. The molecule has 2 N–H and O–H groups in total. The predicted molar refractivity (Wildman–Crippen MR) is 96.2 cm³/mol. The zero-order valence-corrected chi connectivity index (χ0v) is 13.7. The molecule has 0 aromatic heterocycles. The molecule has 0 fully saturated rings. The maximum absolute atomic E-state index is 6.46. The van der Waals surface area contributed by atoms with Gasteiger partial charge in [0, 0.05) is 17.5 Å². The summed E-state index contributed by atoms with van der Waals surface area (Å²) in [6.07, 6.45) is 5.36. The summed E-state index contributed by atoms with van der Waals surface area (Å²) in [4.78, 5) is 4.49. The topological polar surface area (TPSA) is 38.4 Å². The van der Waals surface area contributed by atoms with Gasteiger partial charge in [-0.15, -0.1) is 0 Å². The molecule has 0 unspecified atom stereocenters. The van der Waals surface area contributed by atoms with Gasteiger partial charge in [-0.1, -0.05) is 32.0 Å². The van der Waals surface area contributed by atoms with Crippen LogP contribution in [0.3, 0.4) is 0 Å². The number of aryl methyl sites for hydroxylation is 1. The number of fused-ring (bicyclic) bond motifs is 1. The van der Waals surface area contributed by atoms with Crippen LogP contribution in [-0.4, -0.2) is 6.21 Å². The van der Waals surface area contributed by atoms with Crippen molar-refractivity contribution in [2.24, 2.45) is 4.99 Å². The van der Waals surface area contributed by atoms with Gasteiger partial charge in [-0.3, -0.25) is 4.99 Å². The van der Waals surface area contributed by atoms with E-state index in [0.717, 1.165) is 23.4 Å². The molecule has 0 saturated carbocycles. The molecular formula is C20H24N2. The molecule has 2 heteroatoms. The van der Waals surface area contributed by atoms with Crippen LogP contribution in [0, 0.1) is 0 Å². The number of rotatable bonds is 3. The van der Waals surface area contributed by atoms with Crippen molar-refractivity contribution in [3.63, 3.8) is 0 Å². The zero-order chi connectivity index (χ0) is 15.7. The quantitative estimate of drug-likeness (QED) is 0.607. The Labute approximate surface area is 133 Å². The van der Waals surface area contributed by atoms with Crippen molar-refractivity contribution in [1.82, 2.24) is 0 Å². The van der Waals surface area contributed by atoms with Crippen molar-refractivity contribution in [2.45, 2.75) is 46.0 Å². The van der Waals surface area contributed by atoms with Gasteiger partial charge in [0.1, 0.15) is 0 Å². The van der Waals surface area contributed by atoms with Gasteiger partial charge in [0.25, 0.3) is 0 Å². The van der Waals surface area contributed by atoms with Crippen LogP contribution < -0.4 is 5.73 Å². The molecule has 0 heterocycles. The Morgan fingerprint density at radius 3 is 2.68 bits per heavy atom. The van der Waals surface area contributed by atoms with Crippen molar-refractivity contribution >= 4 is 17.6 Å². The standard InChI is InChI=1S/C20H24N2/c1-4-22-19-11-9-15(12-18(19)13(2)3)17-10-8-14-6-5-7-16(14)20(17)21/h4,8-13H,5-7,21H2,1-3H3. The van der Waals surface area contributed by atoms with Gasteiger partial charge >= 0.3 is 0 Å². The van der Waals surface area contributed by atoms with E-state index in [1.54, 1.807) is 0 Å². The van der Waals surface area contributed by atoms with Gasteiger partial charge in [-0.25, -0.2) is 0 Å². The third-order valence-corrected chi connectivity index (χ3v) is 4.56. The van der Waals surface area contributed by atoms with E-state index in [0.29, 0.717) is 5.92 Å². The molecule has 2 nitrogen and oxygen atoms in total. The van der Waals surface area contributed by atoms with Crippen molar-refractivity contribution in [3.8, 4) is 11.1 Å². The minimum absolute atomic E-state index is 0.439. The zero-order valence-electron chi connectivity index (χ0n) is 13.7. The Hall–Kier alpha value is -2.09. The number of nitrogens with zero attached hydrogens (tertiary/aromatic N) is 1. The summed E-state index contributed by atoms with van der Waals surface area (Å²) >= 11 is 0. The van der Waals surface area contributed by atoms with Crippen LogP contribution in [0.4, 0.5) is 11.4 Å². The Morgan fingerprint density at radius 2 is 1.95 bits per heavy atom. The van der Waals surface area contributed by atoms with E-state index in [1.165, 1.54) is 35.1 Å². The van der Waals surface area contributed by atoms with Crippen molar-refractivity contribution < 1.29 is 0 Å². The predicted octanol–water partition coefficient (Wildman–Crippen LogP) is 5.27. The number of anilines is 1. The van der Waals surface area contributed by atoms with Crippen LogP contribution in [0.2, 0.25) is 0 Å². The molecular weight excluding hydrogens is 268 g/mol. The third-order valence-electron chi connectivity index (χ3n) is 4.56. The molecule has 114 valence electrons. The smallest absolute Gasteiger partial charge is 0.0660 e. The van der Waals surface area contributed by atoms with Gasteiger partial charge in [0.15, 0.2) is 0 Å². The van der Waals surface area contributed by atoms with Gasteiger partial charge in [0.05, 0.1) is 5.69 Å². The number of nitrogens with two attached hydrogens (primary N) is 1. The van der Waals surface area contributed by atoms with Gasteiger partial charge < -0.3 is 5.73 Å². The largest absolute Gasteiger partial charge is 0.398 e. The van der Waals surface area contributed by atoms with Crippen LogP contribution in [0.15, 0.2) is 35.3 Å². The lowest BCUT2D eigenvalue weighted by Crippen LogP contribution is -1.98. The summed E-state index contributed by atoms with van der Waals surface area (Å²) < 4.78 is 0. The highest BCUT2D eigenvalue weighted by Gasteiger charge is 2.17. The first-order valence-electron chi connectivity index (χ1n) is 8.15. The van der Waals surface area contributed by atoms with E-state index >= 15 is 0 Å². The van der Waals surface area contributed by atoms with E-state index in [4.69, 9.17) is 5.73 Å². The maximum atomic E-state index is 6.46. The second-order valence-electron chi connectivity index (χ2n) is 6.33. The van der Waals surface area contributed by atoms with Crippen molar-refractivity contribution in [1.29, 1.82) is 0 Å². The lowest BCUT2D eigenvalue weighted by Gasteiger charge is -2.15. The molecule has 0 saturated heterocycles. The van der Waals surface area contributed by atoms with Crippen molar-refractivity contribution in [2.75, 3.05) is 5.73 Å². The minimum Gasteiger partial charge on any atom is -0.398 e. The molecule has 3 rings (SSSR count). The Morgan fingerprint density at radius 1 is 1.14 bits per heavy atom. The molecule has 0 aliphatic heterocycles. The second-order valence-corrected chi connectivity index (χ2v) is 6.33. The first-order chi connectivity index (χ1) is 10.6. The van der Waals surface area contributed by atoms with Crippen molar-refractivity contribution in [3.05, 3.63) is 47.0 Å². The molecule has 0 bridgehead atoms. The average molecular weight is 292 g/mol. The van der Waals surface area contributed by atoms with Gasteiger partial charge in [0.2, 0.25) is 0 Å². The summed E-state index contributed by atoms with van der Waals surface area (Å²) in [5.74, 6) is 0.439. The summed E-state index contributed by atoms with van der Waals surface area (Å²) in [6.45, 7) is 6.37. The summed E-state index contributed by atoms with van der Waals surface area (Å²) in [6, 6.07) is 10.9. The van der Waals surface area contributed by atoms with E-state index in [-0.39, 0.29) is 0 Å². The summed E-state index contributed by atoms with van der Waals surface area (Å²) in [5, 5.41) is 0. The summed E-state index contributed by atoms with van der Waals surface area (Å²) in [7, 11) is 0. The van der Waals surface area contributed by atoms with E-state index in [1.807, 2.05) is 13.1 Å². The fourth-order valence-electron chi connectivity index (χ4n) is 3.39. The SMILES string of the molecule is CC=Nc1ccc(-c2ccc3c(c2N)CCC3)cc1C(C)C. The highest BCUT2D eigenvalue weighted by atomic mass is 14.7. The van der Waals surface area contributed by atoms with Crippen LogP contribution >= 0.6 is 0 Å². The summed E-state index contributed by atoms with van der Waals surface area (Å²) in [5.41, 5.74) is 14.9. The molecule has 0 amide bonds. The van der Waals surface area contributed by atoms with E-state index < -0.39 is 0 Å². The minimum atomic E-state index is 0.439. The number of benzene rings is 2. The van der Waals surface area contributed by atoms with Crippen LogP contribution in [-0.2, 0) is 12.8 Å². The lowest BCUT2D eigenvalue weighted by molar-refractivity contribution is 0.867. The number of hydrogen-bond acceptors (Lipinski definition) is 2. The maximum Gasteiger partial charge on any atom is 0.0660 e. The molecule has 2 aromatic carbocycles. The molecule has 1 aliphatic rings.